The molecule has 1 aliphatic carbocycles. The lowest BCUT2D eigenvalue weighted by molar-refractivity contribution is -0.383. The van der Waals surface area contributed by atoms with Crippen molar-refractivity contribution < 1.29 is 9.66 Å². The standard InChI is InChI=1S/C17H11NO3/c1-21-15-9-7-13-11-5-3-2-4-10(11)12-6-8-14(18(19)20)17(15)16(12)13/h2-9H,1H3. The van der Waals surface area contributed by atoms with Gasteiger partial charge in [-0.25, -0.2) is 0 Å². The zero-order valence-electron chi connectivity index (χ0n) is 11.3. The van der Waals surface area contributed by atoms with E-state index in [9.17, 15) is 10.1 Å². The van der Waals surface area contributed by atoms with Crippen LogP contribution in [0.3, 0.4) is 0 Å². The van der Waals surface area contributed by atoms with Gasteiger partial charge in [-0.3, -0.25) is 10.1 Å². The van der Waals surface area contributed by atoms with Gasteiger partial charge in [0, 0.05) is 11.5 Å². The molecule has 0 saturated heterocycles. The van der Waals surface area contributed by atoms with E-state index in [2.05, 4.69) is 0 Å². The molecule has 21 heavy (non-hydrogen) atoms. The Hall–Kier alpha value is -2.88. The van der Waals surface area contributed by atoms with Gasteiger partial charge in [0.15, 0.2) is 0 Å². The summed E-state index contributed by atoms with van der Waals surface area (Å²) in [6, 6.07) is 15.2. The molecule has 102 valence electrons. The Morgan fingerprint density at radius 2 is 1.48 bits per heavy atom. The zero-order valence-corrected chi connectivity index (χ0v) is 11.3. The van der Waals surface area contributed by atoms with Crippen LogP contribution in [0.5, 0.6) is 5.75 Å². The van der Waals surface area contributed by atoms with Crippen molar-refractivity contribution in [2.24, 2.45) is 0 Å². The third-order valence-corrected chi connectivity index (χ3v) is 4.02. The highest BCUT2D eigenvalue weighted by Gasteiger charge is 2.27. The van der Waals surface area contributed by atoms with E-state index in [0.717, 1.165) is 27.6 Å². The summed E-state index contributed by atoms with van der Waals surface area (Å²) in [5.41, 5.74) is 4.36. The number of non-ortho nitro benzene ring substituents is 1. The maximum Gasteiger partial charge on any atom is 0.281 e. The van der Waals surface area contributed by atoms with Crippen LogP contribution >= 0.6 is 0 Å². The minimum Gasteiger partial charge on any atom is -0.496 e. The van der Waals surface area contributed by atoms with Gasteiger partial charge >= 0.3 is 0 Å². The van der Waals surface area contributed by atoms with E-state index in [1.54, 1.807) is 12.1 Å². The van der Waals surface area contributed by atoms with Crippen LogP contribution in [0.4, 0.5) is 5.69 Å². The van der Waals surface area contributed by atoms with E-state index in [0.29, 0.717) is 11.1 Å². The van der Waals surface area contributed by atoms with Crippen molar-refractivity contribution in [3.05, 3.63) is 58.6 Å². The van der Waals surface area contributed by atoms with Crippen LogP contribution < -0.4 is 4.74 Å². The fraction of sp³-hybridized carbons (Fsp3) is 0.0588. The largest absolute Gasteiger partial charge is 0.496 e. The maximum atomic E-state index is 11.3. The average molecular weight is 277 g/mol. The molecular formula is C17H11NO3. The van der Waals surface area contributed by atoms with Crippen molar-refractivity contribution in [1.29, 1.82) is 0 Å². The highest BCUT2D eigenvalue weighted by Crippen LogP contribution is 2.51. The average Bonchev–Trinajstić information content (AvgIpc) is 2.84. The minimum atomic E-state index is -0.353. The second kappa shape index (κ2) is 4.06. The van der Waals surface area contributed by atoms with E-state index >= 15 is 0 Å². The van der Waals surface area contributed by atoms with E-state index in [-0.39, 0.29) is 10.6 Å². The molecule has 4 rings (SSSR count). The van der Waals surface area contributed by atoms with Crippen LogP contribution in [-0.4, -0.2) is 12.0 Å². The van der Waals surface area contributed by atoms with Crippen molar-refractivity contribution in [2.45, 2.75) is 0 Å². The quantitative estimate of drug-likeness (QED) is 0.403. The normalized spacial score (nSPS) is 11.5. The third kappa shape index (κ3) is 1.44. The Kier molecular flexibility index (Phi) is 2.30. The second-order valence-corrected chi connectivity index (χ2v) is 5.00. The lowest BCUT2D eigenvalue weighted by Crippen LogP contribution is -1.93. The van der Waals surface area contributed by atoms with Crippen molar-refractivity contribution in [3.8, 4) is 28.0 Å². The molecule has 0 N–H and O–H groups in total. The van der Waals surface area contributed by atoms with Gasteiger partial charge < -0.3 is 4.74 Å². The van der Waals surface area contributed by atoms with E-state index in [4.69, 9.17) is 4.74 Å². The molecule has 3 aromatic rings. The number of hydrogen-bond donors (Lipinski definition) is 0. The minimum absolute atomic E-state index is 0.0836. The number of nitro benzene ring substituents is 1. The Bertz CT molecular complexity index is 886. The molecule has 4 nitrogen and oxygen atoms in total. The van der Waals surface area contributed by atoms with Crippen molar-refractivity contribution in [2.75, 3.05) is 7.11 Å². The number of ether oxygens (including phenoxy) is 1. The van der Waals surface area contributed by atoms with Crippen LogP contribution in [0.25, 0.3) is 33.0 Å². The van der Waals surface area contributed by atoms with E-state index < -0.39 is 0 Å². The number of methoxy groups -OCH3 is 1. The van der Waals surface area contributed by atoms with Crippen LogP contribution in [0, 0.1) is 10.1 Å². The fourth-order valence-corrected chi connectivity index (χ4v) is 3.17. The van der Waals surface area contributed by atoms with Crippen LogP contribution in [-0.2, 0) is 0 Å². The van der Waals surface area contributed by atoms with Crippen molar-refractivity contribution >= 4 is 16.5 Å². The molecule has 1 aliphatic rings. The molecule has 0 atom stereocenters. The lowest BCUT2D eigenvalue weighted by atomic mass is 10.0. The summed E-state index contributed by atoms with van der Waals surface area (Å²) in [5.74, 6) is 0.537. The molecule has 4 heteroatoms. The van der Waals surface area contributed by atoms with Crippen molar-refractivity contribution in [3.63, 3.8) is 0 Å². The molecule has 0 aliphatic heterocycles. The van der Waals surface area contributed by atoms with Gasteiger partial charge in [-0.1, -0.05) is 24.3 Å². The van der Waals surface area contributed by atoms with Crippen molar-refractivity contribution in [1.82, 2.24) is 0 Å². The topological polar surface area (TPSA) is 52.4 Å². The Morgan fingerprint density at radius 3 is 2.05 bits per heavy atom. The van der Waals surface area contributed by atoms with Gasteiger partial charge in [-0.2, -0.15) is 0 Å². The first-order valence-electron chi connectivity index (χ1n) is 6.60. The smallest absolute Gasteiger partial charge is 0.281 e. The second-order valence-electron chi connectivity index (χ2n) is 5.00. The summed E-state index contributed by atoms with van der Waals surface area (Å²) in [6.45, 7) is 0. The first-order chi connectivity index (χ1) is 10.2. The Labute approximate surface area is 120 Å². The lowest BCUT2D eigenvalue weighted by Gasteiger charge is -2.08. The summed E-state index contributed by atoms with van der Waals surface area (Å²) in [7, 11) is 1.54. The van der Waals surface area contributed by atoms with Gasteiger partial charge in [0.25, 0.3) is 5.69 Å². The first kappa shape index (κ1) is 11.9. The summed E-state index contributed by atoms with van der Waals surface area (Å²) < 4.78 is 5.35. The maximum absolute atomic E-state index is 11.3. The molecule has 0 aromatic heterocycles. The number of hydrogen-bond acceptors (Lipinski definition) is 3. The Morgan fingerprint density at radius 1 is 0.857 bits per heavy atom. The molecule has 0 spiro atoms. The third-order valence-electron chi connectivity index (χ3n) is 4.02. The zero-order chi connectivity index (χ0) is 14.6. The summed E-state index contributed by atoms with van der Waals surface area (Å²) in [4.78, 5) is 11.0. The van der Waals surface area contributed by atoms with Gasteiger partial charge in [0.1, 0.15) is 11.1 Å². The van der Waals surface area contributed by atoms with Crippen LogP contribution in [0.1, 0.15) is 0 Å². The molecule has 0 unspecified atom stereocenters. The van der Waals surface area contributed by atoms with Gasteiger partial charge in [-0.05, 0) is 40.5 Å². The number of fused-ring (bicyclic) bond motifs is 3. The molecular weight excluding hydrogens is 266 g/mol. The van der Waals surface area contributed by atoms with E-state index in [1.165, 1.54) is 7.11 Å². The number of rotatable bonds is 2. The summed E-state index contributed by atoms with van der Waals surface area (Å²) in [5, 5.41) is 12.8. The molecule has 0 fully saturated rings. The van der Waals surface area contributed by atoms with E-state index in [1.807, 2.05) is 36.4 Å². The number of nitrogens with zero attached hydrogens (tertiary/aromatic N) is 1. The summed E-state index contributed by atoms with van der Waals surface area (Å²) in [6.07, 6.45) is 0. The highest BCUT2D eigenvalue weighted by atomic mass is 16.6. The molecule has 0 amide bonds. The number of nitro groups is 1. The van der Waals surface area contributed by atoms with Gasteiger partial charge in [-0.15, -0.1) is 0 Å². The number of benzene rings is 3. The monoisotopic (exact) mass is 277 g/mol. The van der Waals surface area contributed by atoms with Crippen LogP contribution in [0.15, 0.2) is 48.5 Å². The molecule has 0 radical (unpaired) electrons. The van der Waals surface area contributed by atoms with Gasteiger partial charge in [0.2, 0.25) is 0 Å². The predicted molar refractivity (Wildman–Crippen MR) is 81.6 cm³/mol. The van der Waals surface area contributed by atoms with Gasteiger partial charge in [0.05, 0.1) is 12.0 Å². The molecule has 0 saturated carbocycles. The first-order valence-corrected chi connectivity index (χ1v) is 6.60. The predicted octanol–water partition coefficient (Wildman–Crippen LogP) is 4.40. The molecule has 3 aromatic carbocycles. The van der Waals surface area contributed by atoms with Crippen LogP contribution in [0.2, 0.25) is 0 Å². The molecule has 0 bridgehead atoms. The Balaban J connectivity index is 2.24. The summed E-state index contributed by atoms with van der Waals surface area (Å²) >= 11 is 0. The SMILES string of the molecule is COc1ccc2c3c(ccc([N+](=O)[O-])c13)-c1ccccc1-2. The highest BCUT2D eigenvalue weighted by molar-refractivity contribution is 6.19. The molecule has 0 heterocycles. The fourth-order valence-electron chi connectivity index (χ4n) is 3.17.